The Morgan fingerprint density at radius 2 is 0.821 bits per heavy atom. The summed E-state index contributed by atoms with van der Waals surface area (Å²) in [6.45, 7) is -0.0902. The first-order valence-corrected chi connectivity index (χ1v) is 19.1. The predicted molar refractivity (Wildman–Crippen MR) is 233 cm³/mol. The molecule has 0 unspecified atom stereocenters. The summed E-state index contributed by atoms with van der Waals surface area (Å²) < 4.78 is 12.6. The number of benzene rings is 10. The molecule has 0 bridgehead atoms. The highest BCUT2D eigenvalue weighted by Gasteiger charge is 2.21. The monoisotopic (exact) mass is 726 g/mol. The summed E-state index contributed by atoms with van der Waals surface area (Å²) in [7, 11) is 0. The van der Waals surface area contributed by atoms with E-state index in [1.54, 1.807) is 0 Å². The fourth-order valence-electron chi connectivity index (χ4n) is 8.61. The molecule has 0 aliphatic heterocycles. The van der Waals surface area contributed by atoms with E-state index in [1.807, 2.05) is 6.07 Å². The summed E-state index contributed by atoms with van der Waals surface area (Å²) in [4.78, 5) is 0. The molecule has 0 spiro atoms. The van der Waals surface area contributed by atoms with Crippen molar-refractivity contribution in [2.24, 2.45) is 0 Å². The molecule has 0 radical (unpaired) electrons. The highest BCUT2D eigenvalue weighted by molar-refractivity contribution is 6.17. The van der Waals surface area contributed by atoms with Gasteiger partial charge in [0.05, 0.1) is 13.2 Å². The topological polar surface area (TPSA) is 58.9 Å². The molecule has 0 heterocycles. The third-order valence-corrected chi connectivity index (χ3v) is 11.1. The van der Waals surface area contributed by atoms with Crippen molar-refractivity contribution in [3.63, 3.8) is 0 Å². The molecule has 10 aromatic carbocycles. The zero-order valence-electron chi connectivity index (χ0n) is 30.7. The van der Waals surface area contributed by atoms with Gasteiger partial charge in [-0.15, -0.1) is 0 Å². The van der Waals surface area contributed by atoms with E-state index in [0.717, 1.165) is 49.4 Å². The largest absolute Gasteiger partial charge is 0.487 e. The quantitative estimate of drug-likeness (QED) is 0.145. The zero-order valence-corrected chi connectivity index (χ0v) is 30.7. The highest BCUT2D eigenvalue weighted by atomic mass is 16.5. The number of hydrogen-bond acceptors (Lipinski definition) is 4. The Bertz CT molecular complexity index is 3130. The first kappa shape index (κ1) is 33.8. The molecule has 10 rings (SSSR count). The number of fused-ring (bicyclic) bond motifs is 8. The Labute approximate surface area is 324 Å². The lowest BCUT2D eigenvalue weighted by molar-refractivity contribution is 0.179. The van der Waals surface area contributed by atoms with Crippen LogP contribution in [0.15, 0.2) is 170 Å². The van der Waals surface area contributed by atoms with Gasteiger partial charge in [0.1, 0.15) is 13.2 Å². The predicted octanol–water partition coefficient (Wildman–Crippen LogP) is 12.3. The second kappa shape index (κ2) is 14.2. The van der Waals surface area contributed by atoms with Crippen molar-refractivity contribution in [2.75, 3.05) is 26.4 Å². The molecule has 56 heavy (non-hydrogen) atoms. The van der Waals surface area contributed by atoms with E-state index in [-0.39, 0.29) is 26.4 Å². The highest BCUT2D eigenvalue weighted by Crippen LogP contribution is 2.48. The average molecular weight is 727 g/mol. The second-order valence-electron chi connectivity index (χ2n) is 14.3. The molecule has 0 saturated heterocycles. The van der Waals surface area contributed by atoms with Gasteiger partial charge in [-0.2, -0.15) is 0 Å². The molecule has 0 aliphatic rings. The molecule has 0 aliphatic carbocycles. The lowest BCUT2D eigenvalue weighted by Gasteiger charge is -2.21. The van der Waals surface area contributed by atoms with Gasteiger partial charge in [-0.05, 0) is 123 Å². The fourth-order valence-corrected chi connectivity index (χ4v) is 8.61. The van der Waals surface area contributed by atoms with Crippen molar-refractivity contribution in [1.82, 2.24) is 0 Å². The fraction of sp³-hybridized carbons (Fsp3) is 0.0769. The van der Waals surface area contributed by atoms with Gasteiger partial charge < -0.3 is 19.7 Å². The number of hydrogen-bond donors (Lipinski definition) is 2. The van der Waals surface area contributed by atoms with Crippen LogP contribution in [0.4, 0.5) is 0 Å². The molecule has 0 aromatic heterocycles. The smallest absolute Gasteiger partial charge is 0.169 e. The van der Waals surface area contributed by atoms with Crippen molar-refractivity contribution < 1.29 is 19.7 Å². The van der Waals surface area contributed by atoms with Crippen molar-refractivity contribution >= 4 is 64.6 Å². The van der Waals surface area contributed by atoms with E-state index in [4.69, 9.17) is 9.47 Å². The Kier molecular flexibility index (Phi) is 8.56. The van der Waals surface area contributed by atoms with Crippen molar-refractivity contribution in [3.8, 4) is 44.9 Å². The van der Waals surface area contributed by atoms with E-state index in [0.29, 0.717) is 11.5 Å². The van der Waals surface area contributed by atoms with Crippen LogP contribution in [0, 0.1) is 0 Å². The van der Waals surface area contributed by atoms with Gasteiger partial charge in [-0.25, -0.2) is 0 Å². The maximum atomic E-state index is 9.94. The molecule has 4 heteroatoms. The van der Waals surface area contributed by atoms with Gasteiger partial charge in [0.15, 0.2) is 11.5 Å². The molecule has 0 atom stereocenters. The van der Waals surface area contributed by atoms with Gasteiger partial charge >= 0.3 is 0 Å². The van der Waals surface area contributed by atoms with Crippen LogP contribution in [0.1, 0.15) is 0 Å². The maximum absolute atomic E-state index is 9.94. The summed E-state index contributed by atoms with van der Waals surface area (Å²) in [5, 5.41) is 33.7. The van der Waals surface area contributed by atoms with Crippen LogP contribution in [0.25, 0.3) is 98.0 Å². The summed E-state index contributed by atoms with van der Waals surface area (Å²) in [5.41, 5.74) is 6.46. The number of rotatable bonds is 9. The van der Waals surface area contributed by atoms with E-state index < -0.39 is 0 Å². The first-order chi connectivity index (χ1) is 27.7. The van der Waals surface area contributed by atoms with E-state index in [9.17, 15) is 10.2 Å². The minimum Gasteiger partial charge on any atom is -0.487 e. The Balaban J connectivity index is 1.19. The Hall–Kier alpha value is -6.72. The van der Waals surface area contributed by atoms with Crippen molar-refractivity contribution in [3.05, 3.63) is 170 Å². The molecule has 0 saturated carbocycles. The molecular weight excluding hydrogens is 689 g/mol. The second-order valence-corrected chi connectivity index (χ2v) is 14.3. The molecular formula is C52H38O4. The van der Waals surface area contributed by atoms with Crippen LogP contribution in [0.3, 0.4) is 0 Å². The molecule has 270 valence electrons. The minimum atomic E-state index is -0.149. The normalized spacial score (nSPS) is 11.7. The average Bonchev–Trinajstić information content (AvgIpc) is 3.26. The summed E-state index contributed by atoms with van der Waals surface area (Å²) in [6.07, 6.45) is 0. The SMILES string of the molecule is OCCOc1cc2cc(-c3cc4ccccc4c4ccccc34)ccc2c(-c2cccc3cc(-c4cc5ccccc5c5ccccc45)ccc23)c1OCCO. The summed E-state index contributed by atoms with van der Waals surface area (Å²) in [6, 6.07) is 60.6. The van der Waals surface area contributed by atoms with Crippen LogP contribution in [0.2, 0.25) is 0 Å². The van der Waals surface area contributed by atoms with Crippen LogP contribution in [-0.4, -0.2) is 36.6 Å². The Morgan fingerprint density at radius 1 is 0.339 bits per heavy atom. The standard InChI is InChI=1S/C52H38O4/c53-24-26-55-50-32-38-29-37(49-31-35-11-2-4-14-40(35)44-16-6-8-18-46(44)49)21-23-42(38)51(52(50)56-27-25-54)47-19-9-12-33-28-36(20-22-41(33)47)48-30-34-10-1-3-13-39(34)43-15-5-7-17-45(43)48/h1-23,28-32,53-54H,24-27H2. The molecule has 0 fully saturated rings. The zero-order chi connectivity index (χ0) is 37.6. The summed E-state index contributed by atoms with van der Waals surface area (Å²) >= 11 is 0. The van der Waals surface area contributed by atoms with E-state index in [1.165, 1.54) is 48.7 Å². The van der Waals surface area contributed by atoms with Crippen LogP contribution in [-0.2, 0) is 0 Å². The van der Waals surface area contributed by atoms with Gasteiger partial charge in [-0.1, -0.05) is 140 Å². The number of aliphatic hydroxyl groups excluding tert-OH is 2. The molecule has 2 N–H and O–H groups in total. The minimum absolute atomic E-state index is 0.0963. The van der Waals surface area contributed by atoms with Crippen LogP contribution in [0.5, 0.6) is 11.5 Å². The van der Waals surface area contributed by atoms with Crippen LogP contribution >= 0.6 is 0 Å². The lowest BCUT2D eigenvalue weighted by atomic mass is 9.88. The third kappa shape index (κ3) is 5.70. The van der Waals surface area contributed by atoms with E-state index in [2.05, 4.69) is 164 Å². The molecule has 4 nitrogen and oxygen atoms in total. The van der Waals surface area contributed by atoms with Gasteiger partial charge in [0.25, 0.3) is 0 Å². The maximum Gasteiger partial charge on any atom is 0.169 e. The van der Waals surface area contributed by atoms with Crippen molar-refractivity contribution in [1.29, 1.82) is 0 Å². The lowest BCUT2D eigenvalue weighted by Crippen LogP contribution is -2.08. The summed E-state index contributed by atoms with van der Waals surface area (Å²) in [5.74, 6) is 1.06. The number of aliphatic hydroxyl groups is 2. The van der Waals surface area contributed by atoms with Crippen LogP contribution < -0.4 is 9.47 Å². The van der Waals surface area contributed by atoms with Crippen molar-refractivity contribution in [2.45, 2.75) is 0 Å². The number of ether oxygens (including phenoxy) is 2. The first-order valence-electron chi connectivity index (χ1n) is 19.1. The van der Waals surface area contributed by atoms with Gasteiger partial charge in [0.2, 0.25) is 0 Å². The molecule has 10 aromatic rings. The van der Waals surface area contributed by atoms with Gasteiger partial charge in [-0.3, -0.25) is 0 Å². The third-order valence-electron chi connectivity index (χ3n) is 11.1. The van der Waals surface area contributed by atoms with Gasteiger partial charge in [0, 0.05) is 5.56 Å². The molecule has 0 amide bonds. The Morgan fingerprint density at radius 3 is 1.43 bits per heavy atom. The van der Waals surface area contributed by atoms with E-state index >= 15 is 0 Å².